The highest BCUT2D eigenvalue weighted by molar-refractivity contribution is 9.10. The van der Waals surface area contributed by atoms with Gasteiger partial charge in [-0.3, -0.25) is 4.79 Å². The van der Waals surface area contributed by atoms with Crippen LogP contribution in [0.25, 0.3) is 10.8 Å². The molecule has 4 rings (SSSR count). The van der Waals surface area contributed by atoms with Crippen LogP contribution >= 0.6 is 15.9 Å². The van der Waals surface area contributed by atoms with Crippen molar-refractivity contribution < 1.29 is 4.79 Å². The molecule has 22 heavy (non-hydrogen) atoms. The van der Waals surface area contributed by atoms with Crippen molar-refractivity contribution >= 4 is 38.3 Å². The van der Waals surface area contributed by atoms with Gasteiger partial charge in [0.2, 0.25) is 5.91 Å². The summed E-state index contributed by atoms with van der Waals surface area (Å²) < 4.78 is 1.04. The summed E-state index contributed by atoms with van der Waals surface area (Å²) in [6, 6.07) is 20.7. The van der Waals surface area contributed by atoms with E-state index >= 15 is 0 Å². The predicted octanol–water partition coefficient (Wildman–Crippen LogP) is 5.08. The standard InChI is InChI=1S/C19H14BrNO/c20-14-6-3-5-13(10-14)16-11-18(22)21-17-9-8-12-4-1-2-7-15(12)19(16)17/h1-10,16H,11H2,(H,21,22)/t16-/m1/s1. The zero-order valence-electron chi connectivity index (χ0n) is 11.8. The number of halogens is 1. The molecular weight excluding hydrogens is 338 g/mol. The van der Waals surface area contributed by atoms with Crippen LogP contribution in [-0.4, -0.2) is 5.91 Å². The summed E-state index contributed by atoms with van der Waals surface area (Å²) in [6.07, 6.45) is 0.484. The normalized spacial score (nSPS) is 17.1. The third-order valence-corrected chi connectivity index (χ3v) is 4.73. The van der Waals surface area contributed by atoms with Crippen molar-refractivity contribution in [1.29, 1.82) is 0 Å². The first kappa shape index (κ1) is 13.5. The number of hydrogen-bond donors (Lipinski definition) is 1. The molecule has 1 atom stereocenters. The van der Waals surface area contributed by atoms with E-state index in [2.05, 4.69) is 57.6 Å². The number of carbonyl (C=O) groups excluding carboxylic acids is 1. The van der Waals surface area contributed by atoms with Crippen LogP contribution in [0, 0.1) is 0 Å². The van der Waals surface area contributed by atoms with Crippen molar-refractivity contribution in [2.45, 2.75) is 12.3 Å². The van der Waals surface area contributed by atoms with E-state index in [9.17, 15) is 4.79 Å². The Hall–Kier alpha value is -2.13. The van der Waals surface area contributed by atoms with Crippen LogP contribution in [0.15, 0.2) is 65.1 Å². The Morgan fingerprint density at radius 2 is 1.86 bits per heavy atom. The fourth-order valence-electron chi connectivity index (χ4n) is 3.28. The number of anilines is 1. The molecule has 0 aromatic heterocycles. The largest absolute Gasteiger partial charge is 0.326 e. The van der Waals surface area contributed by atoms with E-state index in [1.54, 1.807) is 0 Å². The maximum absolute atomic E-state index is 12.1. The van der Waals surface area contributed by atoms with Crippen molar-refractivity contribution in [3.05, 3.63) is 76.3 Å². The van der Waals surface area contributed by atoms with Crippen LogP contribution in [0.3, 0.4) is 0 Å². The van der Waals surface area contributed by atoms with E-state index in [4.69, 9.17) is 0 Å². The van der Waals surface area contributed by atoms with E-state index in [0.29, 0.717) is 6.42 Å². The minimum Gasteiger partial charge on any atom is -0.326 e. The summed E-state index contributed by atoms with van der Waals surface area (Å²) in [5, 5.41) is 5.43. The molecule has 0 spiro atoms. The molecule has 0 saturated heterocycles. The average Bonchev–Trinajstić information content (AvgIpc) is 2.53. The highest BCUT2D eigenvalue weighted by Crippen LogP contribution is 2.41. The lowest BCUT2D eigenvalue weighted by atomic mass is 9.82. The van der Waals surface area contributed by atoms with Gasteiger partial charge in [0.1, 0.15) is 0 Å². The molecule has 0 radical (unpaired) electrons. The van der Waals surface area contributed by atoms with Crippen LogP contribution in [0.4, 0.5) is 5.69 Å². The molecule has 2 nitrogen and oxygen atoms in total. The highest BCUT2D eigenvalue weighted by atomic mass is 79.9. The third kappa shape index (κ3) is 2.22. The SMILES string of the molecule is O=C1C[C@H](c2cccc(Br)c2)c2c(ccc3ccccc23)N1. The quantitative estimate of drug-likeness (QED) is 0.650. The third-order valence-electron chi connectivity index (χ3n) is 4.23. The Balaban J connectivity index is 1.99. The number of benzene rings is 3. The monoisotopic (exact) mass is 351 g/mol. The first-order valence-corrected chi connectivity index (χ1v) is 8.08. The molecule has 3 aromatic carbocycles. The smallest absolute Gasteiger partial charge is 0.225 e. The van der Waals surface area contributed by atoms with Gasteiger partial charge in [-0.05, 0) is 40.1 Å². The zero-order chi connectivity index (χ0) is 15.1. The molecule has 1 aliphatic rings. The van der Waals surface area contributed by atoms with Crippen molar-refractivity contribution in [3.8, 4) is 0 Å². The van der Waals surface area contributed by atoms with Gasteiger partial charge in [-0.15, -0.1) is 0 Å². The lowest BCUT2D eigenvalue weighted by molar-refractivity contribution is -0.116. The number of carbonyl (C=O) groups is 1. The number of amides is 1. The topological polar surface area (TPSA) is 29.1 Å². The van der Waals surface area contributed by atoms with Gasteiger partial charge in [0.15, 0.2) is 0 Å². The van der Waals surface area contributed by atoms with Gasteiger partial charge in [0.05, 0.1) is 0 Å². The minimum atomic E-state index is 0.0766. The molecule has 1 amide bonds. The van der Waals surface area contributed by atoms with E-state index in [1.807, 2.05) is 24.3 Å². The number of fused-ring (bicyclic) bond motifs is 3. The number of nitrogens with one attached hydrogen (secondary N) is 1. The van der Waals surface area contributed by atoms with Crippen LogP contribution in [-0.2, 0) is 4.79 Å². The van der Waals surface area contributed by atoms with Gasteiger partial charge in [-0.1, -0.05) is 58.4 Å². The molecule has 0 aliphatic carbocycles. The van der Waals surface area contributed by atoms with Gasteiger partial charge in [0, 0.05) is 22.5 Å². The summed E-state index contributed by atoms with van der Waals surface area (Å²) in [4.78, 5) is 12.1. The molecular formula is C19H14BrNO. The molecule has 1 aliphatic heterocycles. The first-order valence-electron chi connectivity index (χ1n) is 7.29. The Kier molecular flexibility index (Phi) is 3.23. The minimum absolute atomic E-state index is 0.0766. The summed E-state index contributed by atoms with van der Waals surface area (Å²) >= 11 is 3.53. The van der Waals surface area contributed by atoms with Crippen LogP contribution in [0.1, 0.15) is 23.5 Å². The zero-order valence-corrected chi connectivity index (χ0v) is 13.4. The molecule has 1 heterocycles. The number of hydrogen-bond acceptors (Lipinski definition) is 1. The van der Waals surface area contributed by atoms with Crippen molar-refractivity contribution in [3.63, 3.8) is 0 Å². The summed E-state index contributed by atoms with van der Waals surface area (Å²) in [6.45, 7) is 0. The summed E-state index contributed by atoms with van der Waals surface area (Å²) in [7, 11) is 0. The van der Waals surface area contributed by atoms with Crippen LogP contribution in [0.2, 0.25) is 0 Å². The predicted molar refractivity (Wildman–Crippen MR) is 93.2 cm³/mol. The molecule has 0 unspecified atom stereocenters. The van der Waals surface area contributed by atoms with Crippen molar-refractivity contribution in [2.75, 3.05) is 5.32 Å². The molecule has 0 saturated carbocycles. The second-order valence-corrected chi connectivity index (χ2v) is 6.52. The molecule has 3 aromatic rings. The summed E-state index contributed by atoms with van der Waals surface area (Å²) in [5.74, 6) is 0.167. The molecule has 3 heteroatoms. The maximum Gasteiger partial charge on any atom is 0.225 e. The Bertz CT molecular complexity index is 887. The Morgan fingerprint density at radius 3 is 2.73 bits per heavy atom. The second kappa shape index (κ2) is 5.25. The molecule has 0 bridgehead atoms. The van der Waals surface area contributed by atoms with E-state index < -0.39 is 0 Å². The van der Waals surface area contributed by atoms with Crippen LogP contribution in [0.5, 0.6) is 0 Å². The van der Waals surface area contributed by atoms with Crippen LogP contribution < -0.4 is 5.32 Å². The fraction of sp³-hybridized carbons (Fsp3) is 0.105. The van der Waals surface area contributed by atoms with Gasteiger partial charge >= 0.3 is 0 Å². The van der Waals surface area contributed by atoms with E-state index in [0.717, 1.165) is 10.2 Å². The molecule has 108 valence electrons. The van der Waals surface area contributed by atoms with Gasteiger partial charge < -0.3 is 5.32 Å². The van der Waals surface area contributed by atoms with Crippen molar-refractivity contribution in [1.82, 2.24) is 0 Å². The average molecular weight is 352 g/mol. The molecule has 1 N–H and O–H groups in total. The first-order chi connectivity index (χ1) is 10.7. The van der Waals surface area contributed by atoms with Gasteiger partial charge in [-0.25, -0.2) is 0 Å². The van der Waals surface area contributed by atoms with E-state index in [-0.39, 0.29) is 11.8 Å². The Morgan fingerprint density at radius 1 is 1.00 bits per heavy atom. The number of rotatable bonds is 1. The highest BCUT2D eigenvalue weighted by Gasteiger charge is 2.28. The lowest BCUT2D eigenvalue weighted by Gasteiger charge is -2.27. The summed E-state index contributed by atoms with van der Waals surface area (Å²) in [5.41, 5.74) is 3.32. The van der Waals surface area contributed by atoms with E-state index in [1.165, 1.54) is 21.9 Å². The van der Waals surface area contributed by atoms with Crippen molar-refractivity contribution in [2.24, 2.45) is 0 Å². The van der Waals surface area contributed by atoms with Gasteiger partial charge in [-0.2, -0.15) is 0 Å². The molecule has 0 fully saturated rings. The second-order valence-electron chi connectivity index (χ2n) is 5.61. The Labute approximate surface area is 137 Å². The van der Waals surface area contributed by atoms with Gasteiger partial charge in [0.25, 0.3) is 0 Å². The lowest BCUT2D eigenvalue weighted by Crippen LogP contribution is -2.23. The fourth-order valence-corrected chi connectivity index (χ4v) is 3.69. The maximum atomic E-state index is 12.1.